The monoisotopic (exact) mass is 392 g/mol. The Labute approximate surface area is 167 Å². The molecule has 0 saturated carbocycles. The number of allylic oxidation sites excluding steroid dienone is 2. The van der Waals surface area contributed by atoms with Gasteiger partial charge in [-0.25, -0.2) is 0 Å². The van der Waals surface area contributed by atoms with Crippen LogP contribution in [0, 0.1) is 11.8 Å². The molecule has 0 radical (unpaired) electrons. The second-order valence-corrected chi connectivity index (χ2v) is 8.44. The summed E-state index contributed by atoms with van der Waals surface area (Å²) in [6.07, 6.45) is 5.29. The number of benzene rings is 1. The fourth-order valence-corrected chi connectivity index (χ4v) is 5.05. The lowest BCUT2D eigenvalue weighted by atomic mass is 9.85. The Bertz CT molecular complexity index is 932. The van der Waals surface area contributed by atoms with Gasteiger partial charge in [0.2, 0.25) is 11.8 Å². The zero-order chi connectivity index (χ0) is 19.3. The Morgan fingerprint density at radius 1 is 0.893 bits per heavy atom. The van der Waals surface area contributed by atoms with Gasteiger partial charge < -0.3 is 4.90 Å². The quantitative estimate of drug-likeness (QED) is 0.595. The first-order valence-corrected chi connectivity index (χ1v) is 10.5. The van der Waals surface area contributed by atoms with Crippen LogP contribution in [-0.4, -0.2) is 46.7 Å². The van der Waals surface area contributed by atoms with Crippen LogP contribution >= 0.6 is 11.3 Å². The number of rotatable bonds is 3. The van der Waals surface area contributed by atoms with Crippen LogP contribution < -0.4 is 0 Å². The number of carbonyl (C=O) groups is 3. The average Bonchev–Trinajstić information content (AvgIpc) is 3.31. The van der Waals surface area contributed by atoms with Crippen molar-refractivity contribution in [2.45, 2.75) is 18.9 Å². The molecule has 1 aromatic carbocycles. The molecule has 1 aromatic heterocycles. The van der Waals surface area contributed by atoms with Gasteiger partial charge in [-0.1, -0.05) is 24.3 Å². The fraction of sp³-hybridized carbons (Fsp3) is 0.318. The van der Waals surface area contributed by atoms with Gasteiger partial charge in [-0.15, -0.1) is 0 Å². The lowest BCUT2D eigenvalue weighted by Crippen LogP contribution is -2.62. The molecule has 28 heavy (non-hydrogen) atoms. The molecule has 2 fully saturated rings. The number of amides is 3. The molecule has 2 saturated heterocycles. The van der Waals surface area contributed by atoms with E-state index in [-0.39, 0.29) is 35.6 Å². The van der Waals surface area contributed by atoms with Crippen LogP contribution in [0.25, 0.3) is 11.1 Å². The molecule has 2 aromatic rings. The van der Waals surface area contributed by atoms with Crippen molar-refractivity contribution in [1.82, 2.24) is 9.80 Å². The minimum Gasteiger partial charge on any atom is -0.334 e. The van der Waals surface area contributed by atoms with E-state index in [1.165, 1.54) is 4.90 Å². The predicted molar refractivity (Wildman–Crippen MR) is 107 cm³/mol. The third kappa shape index (κ3) is 2.71. The number of hydrogen-bond acceptors (Lipinski definition) is 4. The first kappa shape index (κ1) is 17.4. The summed E-state index contributed by atoms with van der Waals surface area (Å²) in [4.78, 5) is 41.2. The first-order valence-electron chi connectivity index (χ1n) is 9.57. The number of nitrogens with zero attached hydrogens (tertiary/aromatic N) is 2. The Kier molecular flexibility index (Phi) is 4.16. The van der Waals surface area contributed by atoms with Gasteiger partial charge in [0.15, 0.2) is 0 Å². The molecule has 0 spiro atoms. The SMILES string of the molecule is O=C(c1ccc(-c2ccsc2)cc1)N1CC(N2C(=O)[C@H]3CC=CC[C@H]3C2=O)C1. The zero-order valence-electron chi connectivity index (χ0n) is 15.3. The van der Waals surface area contributed by atoms with Gasteiger partial charge in [0.05, 0.1) is 17.9 Å². The molecule has 6 heteroatoms. The molecular weight excluding hydrogens is 372 g/mol. The Balaban J connectivity index is 1.24. The Hall–Kier alpha value is -2.73. The van der Waals surface area contributed by atoms with E-state index >= 15 is 0 Å². The molecule has 0 unspecified atom stereocenters. The molecular formula is C22H20N2O3S. The van der Waals surface area contributed by atoms with Crippen molar-refractivity contribution in [3.63, 3.8) is 0 Å². The molecule has 2 atom stereocenters. The summed E-state index contributed by atoms with van der Waals surface area (Å²) in [5, 5.41) is 4.11. The van der Waals surface area contributed by atoms with E-state index in [0.29, 0.717) is 31.5 Å². The lowest BCUT2D eigenvalue weighted by molar-refractivity contribution is -0.145. The minimum absolute atomic E-state index is 0.0497. The van der Waals surface area contributed by atoms with Crippen LogP contribution in [0.1, 0.15) is 23.2 Å². The summed E-state index contributed by atoms with van der Waals surface area (Å²) in [5.74, 6) is -0.571. The molecule has 2 aliphatic heterocycles. The van der Waals surface area contributed by atoms with E-state index in [4.69, 9.17) is 0 Å². The molecule has 1 aliphatic carbocycles. The van der Waals surface area contributed by atoms with Crippen LogP contribution in [0.15, 0.2) is 53.2 Å². The molecule has 142 valence electrons. The maximum Gasteiger partial charge on any atom is 0.253 e. The summed E-state index contributed by atoms with van der Waals surface area (Å²) in [6, 6.07) is 9.47. The largest absolute Gasteiger partial charge is 0.334 e. The smallest absolute Gasteiger partial charge is 0.253 e. The van der Waals surface area contributed by atoms with Crippen LogP contribution in [0.2, 0.25) is 0 Å². The predicted octanol–water partition coefficient (Wildman–Crippen LogP) is 3.19. The highest BCUT2D eigenvalue weighted by Crippen LogP contribution is 2.37. The van der Waals surface area contributed by atoms with Crippen LogP contribution in [0.3, 0.4) is 0 Å². The van der Waals surface area contributed by atoms with Gasteiger partial charge in [0.1, 0.15) is 0 Å². The molecule has 0 N–H and O–H groups in total. The van der Waals surface area contributed by atoms with Crippen molar-refractivity contribution in [1.29, 1.82) is 0 Å². The van der Waals surface area contributed by atoms with Crippen LogP contribution in [0.5, 0.6) is 0 Å². The second kappa shape index (κ2) is 6.71. The third-order valence-electron chi connectivity index (χ3n) is 6.04. The molecule has 3 amide bonds. The summed E-state index contributed by atoms with van der Waals surface area (Å²) in [7, 11) is 0. The summed E-state index contributed by atoms with van der Waals surface area (Å²) < 4.78 is 0. The first-order chi connectivity index (χ1) is 13.6. The standard InChI is InChI=1S/C22H20N2O3S/c25-20(15-7-5-14(6-8-15)16-9-10-28-13-16)23-11-17(12-23)24-21(26)18-3-1-2-4-19(18)22(24)27/h1-2,5-10,13,17-19H,3-4,11-12H2/t18-,19+. The number of imide groups is 1. The van der Waals surface area contributed by atoms with Gasteiger partial charge >= 0.3 is 0 Å². The van der Waals surface area contributed by atoms with Crippen molar-refractivity contribution in [3.8, 4) is 11.1 Å². The van der Waals surface area contributed by atoms with Gasteiger partial charge in [-0.2, -0.15) is 11.3 Å². The highest BCUT2D eigenvalue weighted by Gasteiger charge is 2.52. The zero-order valence-corrected chi connectivity index (χ0v) is 16.1. The van der Waals surface area contributed by atoms with E-state index in [2.05, 4.69) is 11.4 Å². The number of carbonyl (C=O) groups excluding carboxylic acids is 3. The van der Waals surface area contributed by atoms with Crippen molar-refractivity contribution in [2.24, 2.45) is 11.8 Å². The molecule has 5 rings (SSSR count). The summed E-state index contributed by atoms with van der Waals surface area (Å²) in [6.45, 7) is 0.852. The van der Waals surface area contributed by atoms with Crippen molar-refractivity contribution in [2.75, 3.05) is 13.1 Å². The van der Waals surface area contributed by atoms with E-state index in [9.17, 15) is 14.4 Å². The third-order valence-corrected chi connectivity index (χ3v) is 6.73. The average molecular weight is 392 g/mol. The van der Waals surface area contributed by atoms with Gasteiger partial charge in [0, 0.05) is 18.7 Å². The molecule has 5 nitrogen and oxygen atoms in total. The summed E-state index contributed by atoms with van der Waals surface area (Å²) in [5.41, 5.74) is 2.87. The van der Waals surface area contributed by atoms with Crippen molar-refractivity contribution >= 4 is 29.1 Å². The maximum absolute atomic E-state index is 12.7. The number of fused-ring (bicyclic) bond motifs is 1. The Morgan fingerprint density at radius 2 is 1.54 bits per heavy atom. The second-order valence-electron chi connectivity index (χ2n) is 7.66. The van der Waals surface area contributed by atoms with Gasteiger partial charge in [-0.05, 0) is 52.9 Å². The molecule has 0 bridgehead atoms. The topological polar surface area (TPSA) is 57.7 Å². The lowest BCUT2D eigenvalue weighted by Gasteiger charge is -2.43. The normalized spacial score (nSPS) is 24.4. The van der Waals surface area contributed by atoms with E-state index in [0.717, 1.165) is 11.1 Å². The number of thiophene rings is 1. The van der Waals surface area contributed by atoms with E-state index in [1.54, 1.807) is 16.2 Å². The van der Waals surface area contributed by atoms with Crippen molar-refractivity contribution < 1.29 is 14.4 Å². The number of likely N-dealkylation sites (tertiary alicyclic amines) is 2. The fourth-order valence-electron chi connectivity index (χ4n) is 4.39. The van der Waals surface area contributed by atoms with Crippen LogP contribution in [0.4, 0.5) is 0 Å². The molecule has 3 heterocycles. The van der Waals surface area contributed by atoms with Crippen LogP contribution in [-0.2, 0) is 9.59 Å². The number of hydrogen-bond donors (Lipinski definition) is 0. The molecule has 3 aliphatic rings. The van der Waals surface area contributed by atoms with E-state index < -0.39 is 0 Å². The highest BCUT2D eigenvalue weighted by atomic mass is 32.1. The Morgan fingerprint density at radius 3 is 2.11 bits per heavy atom. The van der Waals surface area contributed by atoms with Gasteiger partial charge in [0.25, 0.3) is 5.91 Å². The highest BCUT2D eigenvalue weighted by molar-refractivity contribution is 7.08. The minimum atomic E-state index is -0.202. The summed E-state index contributed by atoms with van der Waals surface area (Å²) >= 11 is 1.64. The maximum atomic E-state index is 12.7. The van der Waals surface area contributed by atoms with Gasteiger partial charge in [-0.3, -0.25) is 19.3 Å². The van der Waals surface area contributed by atoms with Crippen molar-refractivity contribution in [3.05, 3.63) is 58.8 Å². The van der Waals surface area contributed by atoms with E-state index in [1.807, 2.05) is 41.8 Å².